The van der Waals surface area contributed by atoms with Gasteiger partial charge in [-0.15, -0.1) is 0 Å². The Morgan fingerprint density at radius 2 is 2.09 bits per heavy atom. The van der Waals surface area contributed by atoms with Crippen molar-refractivity contribution in [3.8, 4) is 0 Å². The molecular formula is C16H23N3O3. The fourth-order valence-corrected chi connectivity index (χ4v) is 2.53. The molecule has 1 aliphatic rings. The van der Waals surface area contributed by atoms with Crippen LogP contribution in [-0.4, -0.2) is 49.7 Å². The average Bonchev–Trinajstić information content (AvgIpc) is 3.00. The van der Waals surface area contributed by atoms with Crippen LogP contribution in [0.3, 0.4) is 0 Å². The first-order chi connectivity index (χ1) is 10.7. The summed E-state index contributed by atoms with van der Waals surface area (Å²) < 4.78 is 5.65. The SMILES string of the molecule is CNC(=O)NC(=O)CN(Cc1ccccc1)CC1CCCO1. The zero-order valence-electron chi connectivity index (χ0n) is 12.9. The molecule has 0 saturated carbocycles. The summed E-state index contributed by atoms with van der Waals surface area (Å²) in [7, 11) is 1.48. The Morgan fingerprint density at radius 3 is 2.73 bits per heavy atom. The molecule has 1 heterocycles. The van der Waals surface area contributed by atoms with Crippen molar-refractivity contribution in [3.05, 3.63) is 35.9 Å². The number of ether oxygens (including phenoxy) is 1. The number of carbonyl (C=O) groups is 2. The van der Waals surface area contributed by atoms with Crippen LogP contribution in [0.25, 0.3) is 0 Å². The highest BCUT2D eigenvalue weighted by atomic mass is 16.5. The number of hydrogen-bond acceptors (Lipinski definition) is 4. The van der Waals surface area contributed by atoms with Crippen LogP contribution in [-0.2, 0) is 16.1 Å². The van der Waals surface area contributed by atoms with Gasteiger partial charge in [-0.2, -0.15) is 0 Å². The average molecular weight is 305 g/mol. The van der Waals surface area contributed by atoms with E-state index in [1.54, 1.807) is 0 Å². The minimum absolute atomic E-state index is 0.163. The standard InChI is InChI=1S/C16H23N3O3/c1-17-16(21)18-15(20)12-19(11-14-8-5-9-22-14)10-13-6-3-2-4-7-13/h2-4,6-7,14H,5,8-12H2,1H3,(H2,17,18,20,21). The Bertz CT molecular complexity index is 487. The second kappa shape index (κ2) is 8.51. The van der Waals surface area contributed by atoms with Crippen molar-refractivity contribution < 1.29 is 14.3 Å². The van der Waals surface area contributed by atoms with Crippen LogP contribution in [0.2, 0.25) is 0 Å². The van der Waals surface area contributed by atoms with Crippen molar-refractivity contribution in [1.29, 1.82) is 0 Å². The molecule has 1 aromatic carbocycles. The molecule has 120 valence electrons. The largest absolute Gasteiger partial charge is 0.377 e. The molecule has 0 spiro atoms. The van der Waals surface area contributed by atoms with Gasteiger partial charge in [0.2, 0.25) is 5.91 Å². The zero-order chi connectivity index (χ0) is 15.8. The van der Waals surface area contributed by atoms with E-state index >= 15 is 0 Å². The Kier molecular flexibility index (Phi) is 6.36. The molecule has 1 fully saturated rings. The highest BCUT2D eigenvalue weighted by molar-refractivity contribution is 5.95. The van der Waals surface area contributed by atoms with Gasteiger partial charge in [-0.25, -0.2) is 4.79 Å². The van der Waals surface area contributed by atoms with Gasteiger partial charge in [0.25, 0.3) is 0 Å². The fraction of sp³-hybridized carbons (Fsp3) is 0.500. The van der Waals surface area contributed by atoms with Crippen LogP contribution in [0.1, 0.15) is 18.4 Å². The van der Waals surface area contributed by atoms with Crippen LogP contribution in [0.5, 0.6) is 0 Å². The molecule has 0 aliphatic carbocycles. The maximum Gasteiger partial charge on any atom is 0.321 e. The van der Waals surface area contributed by atoms with E-state index in [1.807, 2.05) is 35.2 Å². The smallest absolute Gasteiger partial charge is 0.321 e. The monoisotopic (exact) mass is 305 g/mol. The van der Waals surface area contributed by atoms with Gasteiger partial charge in [0.15, 0.2) is 0 Å². The molecule has 22 heavy (non-hydrogen) atoms. The predicted octanol–water partition coefficient (Wildman–Crippen LogP) is 1.12. The number of benzene rings is 1. The minimum atomic E-state index is -0.484. The molecule has 1 aromatic rings. The van der Waals surface area contributed by atoms with Gasteiger partial charge < -0.3 is 10.1 Å². The first-order valence-electron chi connectivity index (χ1n) is 7.57. The van der Waals surface area contributed by atoms with E-state index in [4.69, 9.17) is 4.74 Å². The second-order valence-electron chi connectivity index (χ2n) is 5.42. The second-order valence-corrected chi connectivity index (χ2v) is 5.42. The quantitative estimate of drug-likeness (QED) is 0.826. The number of rotatable bonds is 6. The van der Waals surface area contributed by atoms with Crippen molar-refractivity contribution in [2.24, 2.45) is 0 Å². The van der Waals surface area contributed by atoms with E-state index in [2.05, 4.69) is 10.6 Å². The first-order valence-corrected chi connectivity index (χ1v) is 7.57. The van der Waals surface area contributed by atoms with Crippen LogP contribution in [0.15, 0.2) is 30.3 Å². The zero-order valence-corrected chi connectivity index (χ0v) is 12.9. The number of urea groups is 1. The van der Waals surface area contributed by atoms with E-state index in [9.17, 15) is 9.59 Å². The summed E-state index contributed by atoms with van der Waals surface area (Å²) in [5.74, 6) is -0.312. The molecule has 0 radical (unpaired) electrons. The molecule has 0 aromatic heterocycles. The van der Waals surface area contributed by atoms with E-state index in [-0.39, 0.29) is 18.6 Å². The van der Waals surface area contributed by atoms with E-state index in [1.165, 1.54) is 7.05 Å². The van der Waals surface area contributed by atoms with Crippen LogP contribution >= 0.6 is 0 Å². The number of hydrogen-bond donors (Lipinski definition) is 2. The van der Waals surface area contributed by atoms with Crippen LogP contribution < -0.4 is 10.6 Å². The molecule has 3 amide bonds. The third-order valence-corrected chi connectivity index (χ3v) is 3.58. The lowest BCUT2D eigenvalue weighted by atomic mass is 10.2. The van der Waals surface area contributed by atoms with Gasteiger partial charge in [-0.1, -0.05) is 30.3 Å². The van der Waals surface area contributed by atoms with Crippen LogP contribution in [0.4, 0.5) is 4.79 Å². The summed E-state index contributed by atoms with van der Waals surface area (Å²) in [6.07, 6.45) is 2.24. The van der Waals surface area contributed by atoms with E-state index < -0.39 is 6.03 Å². The molecule has 1 atom stereocenters. The van der Waals surface area contributed by atoms with Gasteiger partial charge >= 0.3 is 6.03 Å². The lowest BCUT2D eigenvalue weighted by Crippen LogP contribution is -2.44. The Hall–Kier alpha value is -1.92. The molecule has 1 saturated heterocycles. The number of nitrogens with one attached hydrogen (secondary N) is 2. The molecule has 2 rings (SSSR count). The Morgan fingerprint density at radius 1 is 1.32 bits per heavy atom. The minimum Gasteiger partial charge on any atom is -0.377 e. The summed E-state index contributed by atoms with van der Waals surface area (Å²) in [4.78, 5) is 25.2. The first kappa shape index (κ1) is 16.5. The van der Waals surface area contributed by atoms with E-state index in [0.717, 1.165) is 25.0 Å². The molecule has 1 aliphatic heterocycles. The van der Waals surface area contributed by atoms with Gasteiger partial charge in [-0.3, -0.25) is 15.0 Å². The number of amides is 3. The summed E-state index contributed by atoms with van der Waals surface area (Å²) in [6.45, 7) is 2.30. The third-order valence-electron chi connectivity index (χ3n) is 3.58. The van der Waals surface area contributed by atoms with Gasteiger partial charge in [-0.05, 0) is 18.4 Å². The summed E-state index contributed by atoms with van der Waals surface area (Å²) in [6, 6.07) is 9.49. The lowest BCUT2D eigenvalue weighted by Gasteiger charge is -2.24. The van der Waals surface area contributed by atoms with Crippen molar-refractivity contribution in [2.45, 2.75) is 25.5 Å². The van der Waals surface area contributed by atoms with Crippen molar-refractivity contribution >= 4 is 11.9 Å². The fourth-order valence-electron chi connectivity index (χ4n) is 2.53. The van der Waals surface area contributed by atoms with Crippen molar-refractivity contribution in [1.82, 2.24) is 15.5 Å². The van der Waals surface area contributed by atoms with Crippen molar-refractivity contribution in [3.63, 3.8) is 0 Å². The van der Waals surface area contributed by atoms with Gasteiger partial charge in [0, 0.05) is 26.7 Å². The molecular weight excluding hydrogens is 282 g/mol. The molecule has 6 heteroatoms. The number of nitrogens with zero attached hydrogens (tertiary/aromatic N) is 1. The van der Waals surface area contributed by atoms with Gasteiger partial charge in [0.05, 0.1) is 12.6 Å². The molecule has 1 unspecified atom stereocenters. The van der Waals surface area contributed by atoms with E-state index in [0.29, 0.717) is 13.1 Å². The third kappa shape index (κ3) is 5.46. The maximum absolute atomic E-state index is 11.9. The van der Waals surface area contributed by atoms with Crippen molar-refractivity contribution in [2.75, 3.05) is 26.7 Å². The number of imide groups is 1. The lowest BCUT2D eigenvalue weighted by molar-refractivity contribution is -0.121. The van der Waals surface area contributed by atoms with Gasteiger partial charge in [0.1, 0.15) is 0 Å². The van der Waals surface area contributed by atoms with Crippen LogP contribution in [0, 0.1) is 0 Å². The maximum atomic E-state index is 11.9. The highest BCUT2D eigenvalue weighted by Gasteiger charge is 2.21. The normalized spacial score (nSPS) is 17.5. The topological polar surface area (TPSA) is 70.7 Å². The summed E-state index contributed by atoms with van der Waals surface area (Å²) in [5, 5.41) is 4.68. The highest BCUT2D eigenvalue weighted by Crippen LogP contribution is 2.15. The molecule has 2 N–H and O–H groups in total. The molecule has 6 nitrogen and oxygen atoms in total. The number of carbonyl (C=O) groups excluding carboxylic acids is 2. The Balaban J connectivity index is 1.94. The molecule has 0 bridgehead atoms. The summed E-state index contributed by atoms with van der Waals surface area (Å²) in [5.41, 5.74) is 1.13. The Labute approximate surface area is 130 Å². The summed E-state index contributed by atoms with van der Waals surface area (Å²) >= 11 is 0. The predicted molar refractivity (Wildman–Crippen MR) is 83.3 cm³/mol.